The summed E-state index contributed by atoms with van der Waals surface area (Å²) in [6.45, 7) is 0. The molecule has 0 saturated carbocycles. The Morgan fingerprint density at radius 2 is 2.28 bits per heavy atom. The standard InChI is InChI=1S/C12H7N3O2S/c13-4-7-8(5-18-11(7)14)6-1-2-9-10(3-6)17-12(16)15-9/h1-3,5H,14H2,(H,15,16). The summed E-state index contributed by atoms with van der Waals surface area (Å²) in [5, 5.41) is 11.4. The van der Waals surface area contributed by atoms with E-state index < -0.39 is 5.76 Å². The molecule has 0 aliphatic carbocycles. The molecule has 0 bridgehead atoms. The molecule has 2 heterocycles. The van der Waals surface area contributed by atoms with Crippen LogP contribution in [0.1, 0.15) is 5.56 Å². The molecular formula is C12H7N3O2S. The second-order valence-electron chi connectivity index (χ2n) is 3.73. The Morgan fingerprint density at radius 1 is 1.44 bits per heavy atom. The first kappa shape index (κ1) is 10.6. The Bertz CT molecular complexity index is 835. The minimum atomic E-state index is -0.493. The Labute approximate surface area is 105 Å². The molecule has 3 N–H and O–H groups in total. The van der Waals surface area contributed by atoms with E-state index in [9.17, 15) is 4.79 Å². The molecule has 0 atom stereocenters. The van der Waals surface area contributed by atoms with Crippen LogP contribution in [0.25, 0.3) is 22.2 Å². The van der Waals surface area contributed by atoms with Gasteiger partial charge in [0.1, 0.15) is 11.1 Å². The van der Waals surface area contributed by atoms with E-state index in [1.54, 1.807) is 12.1 Å². The number of nitrogens with zero attached hydrogens (tertiary/aromatic N) is 1. The van der Waals surface area contributed by atoms with Crippen molar-refractivity contribution in [3.63, 3.8) is 0 Å². The minimum absolute atomic E-state index is 0.456. The van der Waals surface area contributed by atoms with Gasteiger partial charge in [0, 0.05) is 10.9 Å². The van der Waals surface area contributed by atoms with Crippen LogP contribution in [0, 0.1) is 11.3 Å². The lowest BCUT2D eigenvalue weighted by atomic mass is 10.0. The zero-order valence-corrected chi connectivity index (χ0v) is 9.88. The fourth-order valence-electron chi connectivity index (χ4n) is 1.81. The Balaban J connectivity index is 2.25. The van der Waals surface area contributed by atoms with Crippen LogP contribution in [-0.2, 0) is 0 Å². The van der Waals surface area contributed by atoms with Crippen LogP contribution in [0.3, 0.4) is 0 Å². The largest absolute Gasteiger partial charge is 0.417 e. The van der Waals surface area contributed by atoms with Crippen LogP contribution in [0.15, 0.2) is 32.8 Å². The van der Waals surface area contributed by atoms with E-state index in [4.69, 9.17) is 15.4 Å². The van der Waals surface area contributed by atoms with Gasteiger partial charge in [0.15, 0.2) is 5.58 Å². The van der Waals surface area contributed by atoms with Gasteiger partial charge in [0.05, 0.1) is 11.1 Å². The summed E-state index contributed by atoms with van der Waals surface area (Å²) in [7, 11) is 0. The quantitative estimate of drug-likeness (QED) is 0.699. The minimum Gasteiger partial charge on any atom is -0.408 e. The van der Waals surface area contributed by atoms with Crippen molar-refractivity contribution >= 4 is 27.4 Å². The summed E-state index contributed by atoms with van der Waals surface area (Å²) >= 11 is 1.32. The van der Waals surface area contributed by atoms with Gasteiger partial charge in [0.2, 0.25) is 0 Å². The number of nitrogens with one attached hydrogen (secondary N) is 1. The molecule has 5 nitrogen and oxygen atoms in total. The predicted molar refractivity (Wildman–Crippen MR) is 69.3 cm³/mol. The number of thiophene rings is 1. The molecule has 3 rings (SSSR count). The third-order valence-electron chi connectivity index (χ3n) is 2.66. The number of aromatic amines is 1. The summed E-state index contributed by atoms with van der Waals surface area (Å²) in [4.78, 5) is 13.6. The SMILES string of the molecule is N#Cc1c(-c2ccc3[nH]c(=O)oc3c2)csc1N. The molecule has 0 amide bonds. The molecule has 3 aromatic rings. The third kappa shape index (κ3) is 1.49. The lowest BCUT2D eigenvalue weighted by Gasteiger charge is -1.98. The van der Waals surface area contributed by atoms with Crippen LogP contribution in [-0.4, -0.2) is 4.98 Å². The maximum absolute atomic E-state index is 11.1. The number of hydrogen-bond acceptors (Lipinski definition) is 5. The summed E-state index contributed by atoms with van der Waals surface area (Å²) < 4.78 is 4.99. The number of aromatic nitrogens is 1. The lowest BCUT2D eigenvalue weighted by Crippen LogP contribution is -1.92. The van der Waals surface area contributed by atoms with Gasteiger partial charge in [-0.15, -0.1) is 11.3 Å². The summed E-state index contributed by atoms with van der Waals surface area (Å²) in [5.74, 6) is -0.493. The molecule has 0 aliphatic rings. The van der Waals surface area contributed by atoms with E-state index in [1.165, 1.54) is 11.3 Å². The zero-order valence-electron chi connectivity index (χ0n) is 9.06. The van der Waals surface area contributed by atoms with Crippen molar-refractivity contribution in [1.29, 1.82) is 5.26 Å². The maximum Gasteiger partial charge on any atom is 0.417 e. The highest BCUT2D eigenvalue weighted by atomic mass is 32.1. The number of nitrogens with two attached hydrogens (primary N) is 1. The second kappa shape index (κ2) is 3.75. The van der Waals surface area contributed by atoms with Crippen LogP contribution < -0.4 is 11.5 Å². The number of anilines is 1. The normalized spacial score (nSPS) is 10.6. The van der Waals surface area contributed by atoms with E-state index in [0.29, 0.717) is 21.7 Å². The van der Waals surface area contributed by atoms with E-state index in [0.717, 1.165) is 11.1 Å². The Hall–Kier alpha value is -2.52. The maximum atomic E-state index is 11.1. The second-order valence-corrected chi connectivity index (χ2v) is 4.64. The fourth-order valence-corrected chi connectivity index (χ4v) is 2.59. The molecule has 0 saturated heterocycles. The van der Waals surface area contributed by atoms with Gasteiger partial charge in [-0.3, -0.25) is 4.98 Å². The number of nitrogen functional groups attached to an aromatic ring is 1. The molecule has 0 radical (unpaired) electrons. The molecule has 0 spiro atoms. The fraction of sp³-hybridized carbons (Fsp3) is 0. The molecule has 0 aliphatic heterocycles. The van der Waals surface area contributed by atoms with E-state index in [2.05, 4.69) is 11.1 Å². The van der Waals surface area contributed by atoms with Gasteiger partial charge in [-0.25, -0.2) is 4.79 Å². The van der Waals surface area contributed by atoms with Gasteiger partial charge in [-0.1, -0.05) is 6.07 Å². The molecule has 0 unspecified atom stereocenters. The van der Waals surface area contributed by atoms with Crippen molar-refractivity contribution in [2.45, 2.75) is 0 Å². The Morgan fingerprint density at radius 3 is 3.06 bits per heavy atom. The molecule has 6 heteroatoms. The first-order valence-electron chi connectivity index (χ1n) is 5.09. The summed E-state index contributed by atoms with van der Waals surface area (Å²) in [6.07, 6.45) is 0. The Kier molecular flexibility index (Phi) is 2.21. The van der Waals surface area contributed by atoms with Crippen LogP contribution >= 0.6 is 11.3 Å². The zero-order chi connectivity index (χ0) is 12.7. The number of benzene rings is 1. The number of nitriles is 1. The first-order valence-corrected chi connectivity index (χ1v) is 5.97. The van der Waals surface area contributed by atoms with Crippen molar-refractivity contribution in [1.82, 2.24) is 4.98 Å². The third-order valence-corrected chi connectivity index (χ3v) is 3.47. The van der Waals surface area contributed by atoms with Gasteiger partial charge in [-0.05, 0) is 17.7 Å². The number of hydrogen-bond donors (Lipinski definition) is 2. The van der Waals surface area contributed by atoms with Crippen LogP contribution in [0.4, 0.5) is 5.00 Å². The molecule has 1 aromatic carbocycles. The molecule has 88 valence electrons. The smallest absolute Gasteiger partial charge is 0.408 e. The predicted octanol–water partition coefficient (Wildman–Crippen LogP) is 2.30. The van der Waals surface area contributed by atoms with Crippen molar-refractivity contribution in [3.8, 4) is 17.2 Å². The van der Waals surface area contributed by atoms with Crippen molar-refractivity contribution in [2.24, 2.45) is 0 Å². The number of H-pyrrole nitrogens is 1. The van der Waals surface area contributed by atoms with Gasteiger partial charge < -0.3 is 10.2 Å². The van der Waals surface area contributed by atoms with E-state index in [-0.39, 0.29) is 0 Å². The highest BCUT2D eigenvalue weighted by molar-refractivity contribution is 7.14. The molecular weight excluding hydrogens is 250 g/mol. The summed E-state index contributed by atoms with van der Waals surface area (Å²) in [5.41, 5.74) is 8.83. The first-order chi connectivity index (χ1) is 8.69. The van der Waals surface area contributed by atoms with Crippen molar-refractivity contribution < 1.29 is 4.42 Å². The average Bonchev–Trinajstić information content (AvgIpc) is 2.89. The topological polar surface area (TPSA) is 95.8 Å². The summed E-state index contributed by atoms with van der Waals surface area (Å²) in [6, 6.07) is 7.35. The van der Waals surface area contributed by atoms with E-state index >= 15 is 0 Å². The van der Waals surface area contributed by atoms with Crippen LogP contribution in [0.2, 0.25) is 0 Å². The van der Waals surface area contributed by atoms with Crippen molar-refractivity contribution in [3.05, 3.63) is 39.7 Å². The molecule has 2 aromatic heterocycles. The lowest BCUT2D eigenvalue weighted by molar-refractivity contribution is 0.555. The van der Waals surface area contributed by atoms with E-state index in [1.807, 2.05) is 11.4 Å². The van der Waals surface area contributed by atoms with Gasteiger partial charge in [-0.2, -0.15) is 5.26 Å². The highest BCUT2D eigenvalue weighted by Crippen LogP contribution is 2.33. The van der Waals surface area contributed by atoms with Gasteiger partial charge in [0.25, 0.3) is 0 Å². The van der Waals surface area contributed by atoms with Gasteiger partial charge >= 0.3 is 5.76 Å². The van der Waals surface area contributed by atoms with Crippen LogP contribution in [0.5, 0.6) is 0 Å². The monoisotopic (exact) mass is 257 g/mol. The molecule has 18 heavy (non-hydrogen) atoms. The van der Waals surface area contributed by atoms with Crippen molar-refractivity contribution in [2.75, 3.05) is 5.73 Å². The molecule has 0 fully saturated rings. The number of fused-ring (bicyclic) bond motifs is 1. The highest BCUT2D eigenvalue weighted by Gasteiger charge is 2.12. The average molecular weight is 257 g/mol. The number of oxazole rings is 1. The number of rotatable bonds is 1.